The Hall–Kier alpha value is -0.570. The van der Waals surface area contributed by atoms with Crippen molar-refractivity contribution < 1.29 is 9.53 Å². The summed E-state index contributed by atoms with van der Waals surface area (Å²) >= 11 is 0. The Morgan fingerprint density at radius 1 is 1.31 bits per heavy atom. The Kier molecular flexibility index (Phi) is 6.65. The Bertz CT molecular complexity index is 206. The minimum absolute atomic E-state index is 0.00872. The van der Waals surface area contributed by atoms with Gasteiger partial charge in [0.25, 0.3) is 0 Å². The lowest BCUT2D eigenvalue weighted by atomic mass is 9.78. The van der Waals surface area contributed by atoms with Crippen molar-refractivity contribution in [1.82, 2.24) is 4.90 Å². The molecule has 1 unspecified atom stereocenters. The van der Waals surface area contributed by atoms with Crippen molar-refractivity contribution in [3.63, 3.8) is 0 Å². The highest BCUT2D eigenvalue weighted by atomic mass is 16.5. The first-order chi connectivity index (χ1) is 7.29. The molecule has 0 amide bonds. The second-order valence-corrected chi connectivity index (χ2v) is 5.68. The van der Waals surface area contributed by atoms with Gasteiger partial charge >= 0.3 is 5.97 Å². The Morgan fingerprint density at radius 3 is 2.25 bits per heavy atom. The molecule has 0 heterocycles. The lowest BCUT2D eigenvalue weighted by molar-refractivity contribution is -0.153. The van der Waals surface area contributed by atoms with E-state index < -0.39 is 0 Å². The van der Waals surface area contributed by atoms with Crippen LogP contribution >= 0.6 is 0 Å². The molecule has 0 bridgehead atoms. The molecule has 0 aliphatic rings. The van der Waals surface area contributed by atoms with Crippen LogP contribution in [0.25, 0.3) is 0 Å². The van der Waals surface area contributed by atoms with Gasteiger partial charge in [-0.05, 0) is 25.9 Å². The van der Waals surface area contributed by atoms with Gasteiger partial charge in [-0.15, -0.1) is 0 Å². The quantitative estimate of drug-likeness (QED) is 0.656. The first kappa shape index (κ1) is 15.4. The molecule has 0 saturated heterocycles. The number of nitrogens with zero attached hydrogens (tertiary/aromatic N) is 1. The van der Waals surface area contributed by atoms with E-state index in [9.17, 15) is 4.79 Å². The first-order valence-electron chi connectivity index (χ1n) is 6.10. The van der Waals surface area contributed by atoms with E-state index in [4.69, 9.17) is 4.74 Å². The molecule has 0 N–H and O–H groups in total. The van der Waals surface area contributed by atoms with Crippen LogP contribution in [-0.2, 0) is 9.53 Å². The van der Waals surface area contributed by atoms with E-state index in [2.05, 4.69) is 27.7 Å². The summed E-state index contributed by atoms with van der Waals surface area (Å²) in [4.78, 5) is 13.9. The highest BCUT2D eigenvalue weighted by Gasteiger charge is 2.31. The lowest BCUT2D eigenvalue weighted by Gasteiger charge is -2.28. The van der Waals surface area contributed by atoms with E-state index in [0.717, 1.165) is 19.4 Å². The number of carbonyl (C=O) groups is 1. The van der Waals surface area contributed by atoms with Gasteiger partial charge in [0, 0.05) is 6.54 Å². The SMILES string of the molecule is CCCC(C(=O)OCCN(C)C)C(C)(C)C. The second-order valence-electron chi connectivity index (χ2n) is 5.68. The molecule has 0 aliphatic heterocycles. The molecule has 0 aromatic rings. The van der Waals surface area contributed by atoms with Crippen LogP contribution in [0.3, 0.4) is 0 Å². The van der Waals surface area contributed by atoms with Crippen molar-refractivity contribution >= 4 is 5.97 Å². The number of rotatable bonds is 6. The highest BCUT2D eigenvalue weighted by molar-refractivity contribution is 5.73. The summed E-state index contributed by atoms with van der Waals surface area (Å²) < 4.78 is 5.31. The number of likely N-dealkylation sites (N-methyl/N-ethyl adjacent to an activating group) is 1. The monoisotopic (exact) mass is 229 g/mol. The zero-order valence-electron chi connectivity index (χ0n) is 11.7. The molecule has 1 atom stereocenters. The minimum Gasteiger partial charge on any atom is -0.464 e. The third-order valence-corrected chi connectivity index (χ3v) is 2.69. The molecular weight excluding hydrogens is 202 g/mol. The molecule has 3 nitrogen and oxygen atoms in total. The third kappa shape index (κ3) is 6.11. The van der Waals surface area contributed by atoms with Gasteiger partial charge in [-0.2, -0.15) is 0 Å². The average Bonchev–Trinajstić information content (AvgIpc) is 2.11. The smallest absolute Gasteiger partial charge is 0.309 e. The molecule has 3 heteroatoms. The van der Waals surface area contributed by atoms with Gasteiger partial charge in [0.2, 0.25) is 0 Å². The van der Waals surface area contributed by atoms with Gasteiger partial charge in [-0.3, -0.25) is 4.79 Å². The van der Waals surface area contributed by atoms with Crippen LogP contribution < -0.4 is 0 Å². The van der Waals surface area contributed by atoms with Crippen molar-refractivity contribution in [2.24, 2.45) is 11.3 Å². The summed E-state index contributed by atoms with van der Waals surface area (Å²) in [5.74, 6) is -0.0316. The number of hydrogen-bond acceptors (Lipinski definition) is 3. The van der Waals surface area contributed by atoms with E-state index in [-0.39, 0.29) is 17.3 Å². The summed E-state index contributed by atoms with van der Waals surface area (Å²) in [6.45, 7) is 9.67. The summed E-state index contributed by atoms with van der Waals surface area (Å²) in [5, 5.41) is 0. The maximum atomic E-state index is 11.9. The van der Waals surface area contributed by atoms with Gasteiger partial charge in [0.05, 0.1) is 5.92 Å². The molecule has 96 valence electrons. The lowest BCUT2D eigenvalue weighted by Crippen LogP contribution is -2.31. The Morgan fingerprint density at radius 2 is 1.88 bits per heavy atom. The molecule has 0 radical (unpaired) electrons. The minimum atomic E-state index is -0.0452. The summed E-state index contributed by atoms with van der Waals surface area (Å²) in [6, 6.07) is 0. The number of hydrogen-bond donors (Lipinski definition) is 0. The topological polar surface area (TPSA) is 29.5 Å². The molecule has 16 heavy (non-hydrogen) atoms. The summed E-state index contributed by atoms with van der Waals surface area (Å²) in [7, 11) is 3.95. The van der Waals surface area contributed by atoms with E-state index in [1.165, 1.54) is 0 Å². The van der Waals surface area contributed by atoms with Crippen LogP contribution in [0.2, 0.25) is 0 Å². The van der Waals surface area contributed by atoms with Crippen LogP contribution in [0, 0.1) is 11.3 Å². The zero-order chi connectivity index (χ0) is 12.8. The van der Waals surface area contributed by atoms with Gasteiger partial charge in [-0.1, -0.05) is 34.1 Å². The van der Waals surface area contributed by atoms with Gasteiger partial charge in [0.1, 0.15) is 6.61 Å². The number of ether oxygens (including phenoxy) is 1. The normalized spacial score (nSPS) is 13.9. The predicted molar refractivity (Wildman–Crippen MR) is 67.4 cm³/mol. The molecule has 0 rings (SSSR count). The standard InChI is InChI=1S/C13H27NO2/c1-7-8-11(13(2,3)4)12(15)16-10-9-14(5)6/h11H,7-10H2,1-6H3. The molecule has 0 fully saturated rings. The highest BCUT2D eigenvalue weighted by Crippen LogP contribution is 2.30. The average molecular weight is 229 g/mol. The maximum absolute atomic E-state index is 11.9. The fourth-order valence-corrected chi connectivity index (χ4v) is 1.62. The van der Waals surface area contributed by atoms with E-state index in [1.54, 1.807) is 0 Å². The van der Waals surface area contributed by atoms with Crippen molar-refractivity contribution in [3.8, 4) is 0 Å². The van der Waals surface area contributed by atoms with E-state index in [0.29, 0.717) is 6.61 Å². The maximum Gasteiger partial charge on any atom is 0.309 e. The Labute approximate surface area is 100 Å². The Balaban J connectivity index is 4.18. The number of carbonyl (C=O) groups excluding carboxylic acids is 1. The van der Waals surface area contributed by atoms with Gasteiger partial charge in [0.15, 0.2) is 0 Å². The fraction of sp³-hybridized carbons (Fsp3) is 0.923. The molecule has 0 aliphatic carbocycles. The molecule has 0 aromatic carbocycles. The van der Waals surface area contributed by atoms with Crippen LogP contribution in [-0.4, -0.2) is 38.1 Å². The van der Waals surface area contributed by atoms with Gasteiger partial charge < -0.3 is 9.64 Å². The van der Waals surface area contributed by atoms with Gasteiger partial charge in [-0.25, -0.2) is 0 Å². The van der Waals surface area contributed by atoms with Crippen LogP contribution in [0.15, 0.2) is 0 Å². The molecule has 0 spiro atoms. The van der Waals surface area contributed by atoms with Crippen molar-refractivity contribution in [3.05, 3.63) is 0 Å². The summed E-state index contributed by atoms with van der Waals surface area (Å²) in [6.07, 6.45) is 1.93. The third-order valence-electron chi connectivity index (χ3n) is 2.69. The predicted octanol–water partition coefficient (Wildman–Crippen LogP) is 2.55. The van der Waals surface area contributed by atoms with Crippen molar-refractivity contribution in [1.29, 1.82) is 0 Å². The summed E-state index contributed by atoms with van der Waals surface area (Å²) in [5.41, 5.74) is -0.00872. The fourth-order valence-electron chi connectivity index (χ4n) is 1.62. The van der Waals surface area contributed by atoms with Crippen molar-refractivity contribution in [2.45, 2.75) is 40.5 Å². The van der Waals surface area contributed by atoms with Crippen LogP contribution in [0.5, 0.6) is 0 Å². The zero-order valence-corrected chi connectivity index (χ0v) is 11.7. The first-order valence-corrected chi connectivity index (χ1v) is 6.10. The largest absolute Gasteiger partial charge is 0.464 e. The van der Waals surface area contributed by atoms with Crippen LogP contribution in [0.4, 0.5) is 0 Å². The van der Waals surface area contributed by atoms with E-state index in [1.807, 2.05) is 19.0 Å². The van der Waals surface area contributed by atoms with Crippen LogP contribution in [0.1, 0.15) is 40.5 Å². The molecule has 0 aromatic heterocycles. The number of esters is 1. The molecule has 0 saturated carbocycles. The van der Waals surface area contributed by atoms with Crippen molar-refractivity contribution in [2.75, 3.05) is 27.2 Å². The molecular formula is C13H27NO2. The second kappa shape index (κ2) is 6.89. The van der Waals surface area contributed by atoms with E-state index >= 15 is 0 Å².